The van der Waals surface area contributed by atoms with E-state index in [9.17, 15) is 4.39 Å². The van der Waals surface area contributed by atoms with Gasteiger partial charge >= 0.3 is 0 Å². The van der Waals surface area contributed by atoms with E-state index in [4.69, 9.17) is 0 Å². The number of aryl methyl sites for hydroxylation is 1. The van der Waals surface area contributed by atoms with E-state index >= 15 is 0 Å². The predicted molar refractivity (Wildman–Crippen MR) is 69.8 cm³/mol. The number of hydrogen-bond donors (Lipinski definition) is 1. The first-order chi connectivity index (χ1) is 8.16. The molecule has 94 valence electrons. The summed E-state index contributed by atoms with van der Waals surface area (Å²) in [6.07, 6.45) is 2.41. The topological polar surface area (TPSA) is 15.3 Å². The Balaban J connectivity index is 1.89. The molecule has 0 saturated carbocycles. The third-order valence-corrected chi connectivity index (χ3v) is 3.63. The number of rotatable bonds is 3. The summed E-state index contributed by atoms with van der Waals surface area (Å²) in [6.45, 7) is 5.14. The molecule has 2 nitrogen and oxygen atoms in total. The van der Waals surface area contributed by atoms with Crippen molar-refractivity contribution in [2.24, 2.45) is 5.92 Å². The quantitative estimate of drug-likeness (QED) is 0.868. The summed E-state index contributed by atoms with van der Waals surface area (Å²) in [7, 11) is 2.16. The number of nitrogens with one attached hydrogen (secondary N) is 1. The van der Waals surface area contributed by atoms with E-state index in [1.807, 2.05) is 13.0 Å². The minimum atomic E-state index is -0.141. The average molecular weight is 236 g/mol. The standard InChI is InChI=1S/C14H21FN2/c1-11-4-3-5-13(15)14(11)16-10-12-6-8-17(2)9-7-12/h3-5,12,16H,6-10H2,1-2H3. The molecule has 0 atom stereocenters. The molecule has 1 saturated heterocycles. The first-order valence-electron chi connectivity index (χ1n) is 6.34. The van der Waals surface area contributed by atoms with Gasteiger partial charge in [-0.3, -0.25) is 0 Å². The highest BCUT2D eigenvalue weighted by Gasteiger charge is 2.17. The molecule has 1 fully saturated rings. The fraction of sp³-hybridized carbons (Fsp3) is 0.571. The highest BCUT2D eigenvalue weighted by Crippen LogP contribution is 2.21. The minimum Gasteiger partial charge on any atom is -0.382 e. The largest absolute Gasteiger partial charge is 0.382 e. The zero-order valence-electron chi connectivity index (χ0n) is 10.7. The molecule has 2 rings (SSSR count). The number of piperidine rings is 1. The molecule has 3 heteroatoms. The lowest BCUT2D eigenvalue weighted by Crippen LogP contribution is -2.33. The number of halogens is 1. The summed E-state index contributed by atoms with van der Waals surface area (Å²) in [5.41, 5.74) is 1.66. The van der Waals surface area contributed by atoms with E-state index in [1.54, 1.807) is 6.07 Å². The fourth-order valence-corrected chi connectivity index (χ4v) is 2.37. The Kier molecular flexibility index (Phi) is 4.00. The van der Waals surface area contributed by atoms with Crippen LogP contribution in [0.1, 0.15) is 18.4 Å². The molecular weight excluding hydrogens is 215 g/mol. The van der Waals surface area contributed by atoms with Crippen LogP contribution in [0.4, 0.5) is 10.1 Å². The lowest BCUT2D eigenvalue weighted by Gasteiger charge is -2.29. The van der Waals surface area contributed by atoms with Crippen LogP contribution in [0.15, 0.2) is 18.2 Å². The van der Waals surface area contributed by atoms with Crippen LogP contribution in [-0.4, -0.2) is 31.6 Å². The highest BCUT2D eigenvalue weighted by molar-refractivity contribution is 5.51. The Labute approximate surface area is 103 Å². The van der Waals surface area contributed by atoms with E-state index in [-0.39, 0.29) is 5.82 Å². The lowest BCUT2D eigenvalue weighted by atomic mass is 9.97. The molecule has 0 amide bonds. The maximum Gasteiger partial charge on any atom is 0.146 e. The van der Waals surface area contributed by atoms with Crippen molar-refractivity contribution in [1.29, 1.82) is 0 Å². The number of nitrogens with zero attached hydrogens (tertiary/aromatic N) is 1. The van der Waals surface area contributed by atoms with Crippen LogP contribution in [0.5, 0.6) is 0 Å². The van der Waals surface area contributed by atoms with Crippen molar-refractivity contribution >= 4 is 5.69 Å². The highest BCUT2D eigenvalue weighted by atomic mass is 19.1. The van der Waals surface area contributed by atoms with Crippen LogP contribution in [0.25, 0.3) is 0 Å². The summed E-state index contributed by atoms with van der Waals surface area (Å²) < 4.78 is 13.6. The van der Waals surface area contributed by atoms with Crippen LogP contribution in [0.3, 0.4) is 0 Å². The second kappa shape index (κ2) is 5.50. The average Bonchev–Trinajstić information content (AvgIpc) is 2.31. The molecule has 1 heterocycles. The van der Waals surface area contributed by atoms with Crippen LogP contribution in [0, 0.1) is 18.7 Å². The first kappa shape index (κ1) is 12.4. The van der Waals surface area contributed by atoms with Crippen LogP contribution >= 0.6 is 0 Å². The second-order valence-corrected chi connectivity index (χ2v) is 5.06. The first-order valence-corrected chi connectivity index (χ1v) is 6.34. The van der Waals surface area contributed by atoms with Crippen molar-refractivity contribution in [3.8, 4) is 0 Å². The number of anilines is 1. The van der Waals surface area contributed by atoms with Crippen LogP contribution < -0.4 is 5.32 Å². The molecule has 0 unspecified atom stereocenters. The van der Waals surface area contributed by atoms with Gasteiger partial charge in [-0.2, -0.15) is 0 Å². The Bertz CT molecular complexity index is 350. The molecule has 0 aliphatic carbocycles. The summed E-state index contributed by atoms with van der Waals surface area (Å²) in [4.78, 5) is 2.35. The van der Waals surface area contributed by atoms with Crippen molar-refractivity contribution < 1.29 is 4.39 Å². The van der Waals surface area contributed by atoms with Gasteiger partial charge in [0, 0.05) is 6.54 Å². The smallest absolute Gasteiger partial charge is 0.146 e. The normalized spacial score (nSPS) is 18.3. The lowest BCUT2D eigenvalue weighted by molar-refractivity contribution is 0.226. The Morgan fingerprint density at radius 3 is 2.71 bits per heavy atom. The number of benzene rings is 1. The minimum absolute atomic E-state index is 0.141. The molecule has 1 aliphatic rings. The van der Waals surface area contributed by atoms with E-state index in [1.165, 1.54) is 18.9 Å². The molecule has 1 aromatic carbocycles. The Morgan fingerprint density at radius 2 is 2.06 bits per heavy atom. The van der Waals surface area contributed by atoms with Gasteiger partial charge in [0.25, 0.3) is 0 Å². The van der Waals surface area contributed by atoms with Crippen molar-refractivity contribution in [2.75, 3.05) is 32.0 Å². The zero-order chi connectivity index (χ0) is 12.3. The van der Waals surface area contributed by atoms with Gasteiger partial charge in [0.2, 0.25) is 0 Å². The third kappa shape index (κ3) is 3.19. The maximum atomic E-state index is 13.6. The molecule has 17 heavy (non-hydrogen) atoms. The molecule has 0 spiro atoms. The van der Waals surface area contributed by atoms with E-state index in [0.717, 1.165) is 25.2 Å². The van der Waals surface area contributed by atoms with E-state index < -0.39 is 0 Å². The Morgan fingerprint density at radius 1 is 1.35 bits per heavy atom. The number of hydrogen-bond acceptors (Lipinski definition) is 2. The van der Waals surface area contributed by atoms with Gasteiger partial charge in [-0.25, -0.2) is 4.39 Å². The van der Waals surface area contributed by atoms with Crippen molar-refractivity contribution in [3.63, 3.8) is 0 Å². The van der Waals surface area contributed by atoms with Gasteiger partial charge in [-0.15, -0.1) is 0 Å². The van der Waals surface area contributed by atoms with Crippen LogP contribution in [0.2, 0.25) is 0 Å². The van der Waals surface area contributed by atoms with Gasteiger partial charge in [-0.05, 0) is 57.5 Å². The summed E-state index contributed by atoms with van der Waals surface area (Å²) in [5.74, 6) is 0.531. The summed E-state index contributed by atoms with van der Waals surface area (Å²) >= 11 is 0. The molecule has 0 bridgehead atoms. The fourth-order valence-electron chi connectivity index (χ4n) is 2.37. The second-order valence-electron chi connectivity index (χ2n) is 5.06. The van der Waals surface area contributed by atoms with Gasteiger partial charge < -0.3 is 10.2 Å². The molecule has 0 radical (unpaired) electrons. The maximum absolute atomic E-state index is 13.6. The SMILES string of the molecule is Cc1cccc(F)c1NCC1CCN(C)CC1. The summed E-state index contributed by atoms with van der Waals surface area (Å²) in [6, 6.07) is 5.22. The number of para-hydroxylation sites is 1. The zero-order valence-corrected chi connectivity index (χ0v) is 10.7. The van der Waals surface area contributed by atoms with E-state index in [2.05, 4.69) is 17.3 Å². The van der Waals surface area contributed by atoms with Crippen LogP contribution in [-0.2, 0) is 0 Å². The molecular formula is C14H21FN2. The third-order valence-electron chi connectivity index (χ3n) is 3.63. The Hall–Kier alpha value is -1.09. The monoisotopic (exact) mass is 236 g/mol. The van der Waals surface area contributed by atoms with Crippen molar-refractivity contribution in [3.05, 3.63) is 29.6 Å². The molecule has 1 aromatic rings. The predicted octanol–water partition coefficient (Wildman–Crippen LogP) is 2.89. The van der Waals surface area contributed by atoms with Gasteiger partial charge in [-0.1, -0.05) is 12.1 Å². The van der Waals surface area contributed by atoms with E-state index in [0.29, 0.717) is 11.6 Å². The number of likely N-dealkylation sites (tertiary alicyclic amines) is 1. The molecule has 1 aliphatic heterocycles. The molecule has 0 aromatic heterocycles. The van der Waals surface area contributed by atoms with Gasteiger partial charge in [0.05, 0.1) is 5.69 Å². The van der Waals surface area contributed by atoms with Crippen molar-refractivity contribution in [1.82, 2.24) is 4.90 Å². The molecule has 1 N–H and O–H groups in total. The summed E-state index contributed by atoms with van der Waals surface area (Å²) in [5, 5.41) is 3.27. The van der Waals surface area contributed by atoms with Gasteiger partial charge in [0.1, 0.15) is 5.82 Å². The van der Waals surface area contributed by atoms with Crippen molar-refractivity contribution in [2.45, 2.75) is 19.8 Å². The van der Waals surface area contributed by atoms with Gasteiger partial charge in [0.15, 0.2) is 0 Å².